The van der Waals surface area contributed by atoms with Crippen molar-refractivity contribution in [1.82, 2.24) is 0 Å². The van der Waals surface area contributed by atoms with Crippen molar-refractivity contribution in [2.75, 3.05) is 13.2 Å². The molecule has 1 saturated carbocycles. The maximum atomic E-state index is 5.81. The number of fused-ring (bicyclic) bond motifs is 1. The van der Waals surface area contributed by atoms with Gasteiger partial charge in [0.05, 0.1) is 12.2 Å². The fourth-order valence-corrected chi connectivity index (χ4v) is 2.33. The van der Waals surface area contributed by atoms with Crippen molar-refractivity contribution >= 4 is 13.5 Å². The van der Waals surface area contributed by atoms with E-state index in [1.165, 1.54) is 12.8 Å². The molecule has 1 aliphatic heterocycles. The first-order chi connectivity index (χ1) is 6.42. The van der Waals surface area contributed by atoms with E-state index >= 15 is 0 Å². The van der Waals surface area contributed by atoms with Crippen LogP contribution in [0.5, 0.6) is 0 Å². The van der Waals surface area contributed by atoms with Crippen molar-refractivity contribution in [3.8, 4) is 0 Å². The summed E-state index contributed by atoms with van der Waals surface area (Å²) in [5.74, 6) is 0.511. The largest absolute Gasteiger partial charge is 0.375 e. The summed E-state index contributed by atoms with van der Waals surface area (Å²) in [6.45, 7) is 5.59. The quantitative estimate of drug-likeness (QED) is 0.626. The van der Waals surface area contributed by atoms with Crippen molar-refractivity contribution in [1.29, 1.82) is 0 Å². The number of hydrogen-bond donors (Lipinski definition) is 0. The van der Waals surface area contributed by atoms with Crippen LogP contribution >= 0.6 is 13.5 Å². The summed E-state index contributed by atoms with van der Waals surface area (Å²) in [5.41, 5.74) is 0. The maximum Gasteiger partial charge on any atom is 0.0898 e. The molecule has 3 heteroatoms. The summed E-state index contributed by atoms with van der Waals surface area (Å²) in [5, 5.41) is 0. The monoisotopic (exact) mass is 216 g/mol. The Balaban J connectivity index is 0.000000980. The highest BCUT2D eigenvalue weighted by molar-refractivity contribution is 7.59. The normalized spacial score (nSPS) is 37.6. The highest BCUT2D eigenvalue weighted by atomic mass is 32.1. The second-order valence-electron chi connectivity index (χ2n) is 3.93. The lowest BCUT2D eigenvalue weighted by molar-refractivity contribution is -0.0762. The first-order valence-electron chi connectivity index (χ1n) is 5.27. The zero-order chi connectivity index (χ0) is 9.10. The molecule has 2 aliphatic rings. The number of hydrogen-bond acceptors (Lipinski definition) is 2. The molecule has 1 heterocycles. The van der Waals surface area contributed by atoms with Crippen LogP contribution < -0.4 is 0 Å². The molecule has 2 rings (SSSR count). The third-order valence-corrected chi connectivity index (χ3v) is 3.05. The highest BCUT2D eigenvalue weighted by Gasteiger charge is 2.34. The number of rotatable bonds is 1. The Kier molecular flexibility index (Phi) is 4.99. The molecule has 2 fully saturated rings. The highest BCUT2D eigenvalue weighted by Crippen LogP contribution is 2.31. The molecule has 0 radical (unpaired) electrons. The molecule has 0 amide bonds. The van der Waals surface area contributed by atoms with Gasteiger partial charge in [-0.1, -0.05) is 12.5 Å². The van der Waals surface area contributed by atoms with Gasteiger partial charge in [0.15, 0.2) is 0 Å². The van der Waals surface area contributed by atoms with Gasteiger partial charge in [0.2, 0.25) is 0 Å². The van der Waals surface area contributed by atoms with Crippen LogP contribution in [-0.4, -0.2) is 25.4 Å². The van der Waals surface area contributed by atoms with Gasteiger partial charge in [0.1, 0.15) is 0 Å². The fourth-order valence-electron chi connectivity index (χ4n) is 2.33. The van der Waals surface area contributed by atoms with Gasteiger partial charge < -0.3 is 9.47 Å². The maximum absolute atomic E-state index is 5.81. The molecule has 82 valence electrons. The lowest BCUT2D eigenvalue weighted by Gasteiger charge is -2.34. The van der Waals surface area contributed by atoms with E-state index in [4.69, 9.17) is 9.47 Å². The molecule has 14 heavy (non-hydrogen) atoms. The Morgan fingerprint density at radius 1 is 1.07 bits per heavy atom. The molecule has 0 N–H and O–H groups in total. The molecule has 3 atom stereocenters. The first-order valence-corrected chi connectivity index (χ1v) is 5.27. The van der Waals surface area contributed by atoms with Crippen LogP contribution in [-0.2, 0) is 9.47 Å². The molecule has 1 saturated heterocycles. The summed E-state index contributed by atoms with van der Waals surface area (Å²) >= 11 is 0. The Hall–Kier alpha value is 0.0100. The molecule has 1 aliphatic carbocycles. The average molecular weight is 216 g/mol. The zero-order valence-corrected chi connectivity index (χ0v) is 9.58. The Labute approximate surface area is 93.1 Å². The van der Waals surface area contributed by atoms with Crippen molar-refractivity contribution in [2.45, 2.75) is 37.9 Å². The minimum Gasteiger partial charge on any atom is -0.375 e. The topological polar surface area (TPSA) is 18.5 Å². The predicted molar refractivity (Wildman–Crippen MR) is 62.0 cm³/mol. The second kappa shape index (κ2) is 5.79. The van der Waals surface area contributed by atoms with E-state index in [2.05, 4.69) is 6.58 Å². The van der Waals surface area contributed by atoms with Gasteiger partial charge in [-0.15, -0.1) is 6.58 Å². The van der Waals surface area contributed by atoms with Gasteiger partial charge >= 0.3 is 0 Å². The molecule has 3 unspecified atom stereocenters. The lowest BCUT2D eigenvalue weighted by atomic mass is 9.84. The molecule has 2 nitrogen and oxygen atoms in total. The van der Waals surface area contributed by atoms with Crippen molar-refractivity contribution < 1.29 is 9.47 Å². The van der Waals surface area contributed by atoms with Gasteiger partial charge in [-0.3, -0.25) is 0 Å². The lowest BCUT2D eigenvalue weighted by Crippen LogP contribution is -2.39. The minimum atomic E-state index is 0. The van der Waals surface area contributed by atoms with Gasteiger partial charge in [0, 0.05) is 19.1 Å². The van der Waals surface area contributed by atoms with E-state index in [1.807, 2.05) is 6.08 Å². The Morgan fingerprint density at radius 2 is 1.86 bits per heavy atom. The summed E-state index contributed by atoms with van der Waals surface area (Å²) in [4.78, 5) is 0. The predicted octanol–water partition coefficient (Wildman–Crippen LogP) is 2.26. The van der Waals surface area contributed by atoms with Crippen molar-refractivity contribution in [3.05, 3.63) is 12.7 Å². The third kappa shape index (κ3) is 2.53. The molecular formula is C11H20O2S. The molecule has 0 aromatic carbocycles. The van der Waals surface area contributed by atoms with Crippen LogP contribution in [0.1, 0.15) is 25.7 Å². The second-order valence-corrected chi connectivity index (χ2v) is 3.93. The van der Waals surface area contributed by atoms with E-state index in [0.717, 1.165) is 26.1 Å². The average Bonchev–Trinajstić information content (AvgIpc) is 2.41. The fraction of sp³-hybridized carbons (Fsp3) is 0.818. The molecule has 0 aromatic heterocycles. The Bertz CT molecular complexity index is 184. The van der Waals surface area contributed by atoms with E-state index in [0.29, 0.717) is 12.0 Å². The van der Waals surface area contributed by atoms with Gasteiger partial charge in [-0.25, -0.2) is 0 Å². The third-order valence-electron chi connectivity index (χ3n) is 3.05. The van der Waals surface area contributed by atoms with Crippen LogP contribution in [0.4, 0.5) is 0 Å². The van der Waals surface area contributed by atoms with E-state index in [1.54, 1.807) is 0 Å². The summed E-state index contributed by atoms with van der Waals surface area (Å²) in [6, 6.07) is 0. The van der Waals surface area contributed by atoms with Crippen LogP contribution in [0, 0.1) is 5.92 Å². The minimum absolute atomic E-state index is 0. The standard InChI is InChI=1S/C11H18O2.H2S/c1-2-9-5-3-6-10-11(9)13-8-4-7-12-10;/h2,9-11H,1,3-8H2;1H2. The molecular weight excluding hydrogens is 196 g/mol. The first kappa shape index (κ1) is 12.1. The van der Waals surface area contributed by atoms with Crippen LogP contribution in [0.25, 0.3) is 0 Å². The van der Waals surface area contributed by atoms with E-state index < -0.39 is 0 Å². The van der Waals surface area contributed by atoms with Crippen LogP contribution in [0.2, 0.25) is 0 Å². The van der Waals surface area contributed by atoms with Crippen LogP contribution in [0.3, 0.4) is 0 Å². The van der Waals surface area contributed by atoms with Crippen molar-refractivity contribution in [2.24, 2.45) is 5.92 Å². The van der Waals surface area contributed by atoms with Crippen molar-refractivity contribution in [3.63, 3.8) is 0 Å². The smallest absolute Gasteiger partial charge is 0.0898 e. The van der Waals surface area contributed by atoms with Gasteiger partial charge in [-0.05, 0) is 19.3 Å². The van der Waals surface area contributed by atoms with Gasteiger partial charge in [-0.2, -0.15) is 13.5 Å². The molecule has 0 spiro atoms. The SMILES string of the molecule is C=CC1CCCC2OCCCOC12.S. The summed E-state index contributed by atoms with van der Waals surface area (Å²) in [6.07, 6.45) is 7.32. The van der Waals surface area contributed by atoms with E-state index in [-0.39, 0.29) is 19.6 Å². The molecule has 0 aromatic rings. The summed E-state index contributed by atoms with van der Waals surface area (Å²) < 4.78 is 11.6. The van der Waals surface area contributed by atoms with E-state index in [9.17, 15) is 0 Å². The molecule has 0 bridgehead atoms. The zero-order valence-electron chi connectivity index (χ0n) is 8.58. The number of ether oxygens (including phenoxy) is 2. The Morgan fingerprint density at radius 3 is 2.64 bits per heavy atom. The van der Waals surface area contributed by atoms with Gasteiger partial charge in [0.25, 0.3) is 0 Å². The summed E-state index contributed by atoms with van der Waals surface area (Å²) in [7, 11) is 0. The van der Waals surface area contributed by atoms with Crippen LogP contribution in [0.15, 0.2) is 12.7 Å².